The molecule has 0 bridgehead atoms. The normalized spacial score (nSPS) is 17.6. The number of hydrogen-bond donors (Lipinski definition) is 1. The van der Waals surface area contributed by atoms with Crippen LogP contribution in [0.4, 0.5) is 5.95 Å². The van der Waals surface area contributed by atoms with Crippen molar-refractivity contribution < 1.29 is 19.0 Å². The van der Waals surface area contributed by atoms with Crippen molar-refractivity contribution in [1.29, 1.82) is 0 Å². The van der Waals surface area contributed by atoms with Crippen LogP contribution in [-0.4, -0.2) is 41.9 Å². The predicted molar refractivity (Wildman–Crippen MR) is 117 cm³/mol. The van der Waals surface area contributed by atoms with Gasteiger partial charge in [0.2, 0.25) is 11.7 Å². The number of anilines is 1. The Balaban J connectivity index is 1.65. The molecule has 3 aromatic rings. The van der Waals surface area contributed by atoms with Crippen molar-refractivity contribution in [2.24, 2.45) is 0 Å². The number of allylic oxidation sites excluding steroid dienone is 2. The van der Waals surface area contributed by atoms with E-state index in [0.717, 1.165) is 34.6 Å². The van der Waals surface area contributed by atoms with Crippen LogP contribution in [-0.2, 0) is 4.79 Å². The zero-order chi connectivity index (χ0) is 21.5. The monoisotopic (exact) mass is 438 g/mol. The molecule has 1 aromatic carbocycles. The van der Waals surface area contributed by atoms with E-state index in [1.54, 1.807) is 32.7 Å². The van der Waals surface area contributed by atoms with Crippen LogP contribution < -0.4 is 19.5 Å². The molecule has 160 valence electrons. The number of nitrogens with zero attached hydrogens (tertiary/aromatic N) is 3. The summed E-state index contributed by atoms with van der Waals surface area (Å²) in [7, 11) is 4.71. The van der Waals surface area contributed by atoms with Crippen LogP contribution in [0.2, 0.25) is 0 Å². The standard InChI is InChI=1S/C22H22N4O4S/c1-28-15-10-12(11-16(29-2)20(15)30-3)21-24-22-23-13-6-4-7-14(27)18(13)19(26(22)25-21)17-8-5-9-31-17/h5,8-11,19H,4,6-7H2,1-3H3,(H,23,24,25). The molecule has 1 atom stereocenters. The minimum Gasteiger partial charge on any atom is -0.493 e. The van der Waals surface area contributed by atoms with E-state index in [1.165, 1.54) is 0 Å². The van der Waals surface area contributed by atoms with Crippen LogP contribution in [0.25, 0.3) is 11.4 Å². The molecule has 1 aliphatic carbocycles. The number of ketones is 1. The van der Waals surface area contributed by atoms with E-state index >= 15 is 0 Å². The van der Waals surface area contributed by atoms with Gasteiger partial charge in [0.15, 0.2) is 23.1 Å². The third kappa shape index (κ3) is 3.16. The van der Waals surface area contributed by atoms with Gasteiger partial charge in [0.05, 0.1) is 21.3 Å². The SMILES string of the molecule is COc1cc(-c2nc3n(n2)C(c2cccs2)C2=C(CCCC2=O)N3)cc(OC)c1OC. The van der Waals surface area contributed by atoms with Crippen molar-refractivity contribution in [3.05, 3.63) is 45.8 Å². The maximum atomic E-state index is 12.9. The quantitative estimate of drug-likeness (QED) is 0.643. The fraction of sp³-hybridized carbons (Fsp3) is 0.318. The Morgan fingerprint density at radius 2 is 1.90 bits per heavy atom. The Bertz CT molecular complexity index is 1160. The average molecular weight is 439 g/mol. The number of methoxy groups -OCH3 is 3. The van der Waals surface area contributed by atoms with Crippen molar-refractivity contribution in [3.8, 4) is 28.6 Å². The highest BCUT2D eigenvalue weighted by molar-refractivity contribution is 7.10. The number of hydrogen-bond acceptors (Lipinski definition) is 8. The molecule has 0 amide bonds. The van der Waals surface area contributed by atoms with Gasteiger partial charge in [-0.3, -0.25) is 4.79 Å². The molecule has 2 aliphatic rings. The van der Waals surface area contributed by atoms with Crippen LogP contribution in [0.5, 0.6) is 17.2 Å². The zero-order valence-electron chi connectivity index (χ0n) is 17.5. The number of carbonyl (C=O) groups excluding carboxylic acids is 1. The van der Waals surface area contributed by atoms with E-state index in [2.05, 4.69) is 5.32 Å². The number of benzene rings is 1. The van der Waals surface area contributed by atoms with Crippen molar-refractivity contribution >= 4 is 23.1 Å². The number of thiophene rings is 1. The van der Waals surface area contributed by atoms with Gasteiger partial charge in [-0.2, -0.15) is 4.98 Å². The number of rotatable bonds is 5. The highest BCUT2D eigenvalue weighted by atomic mass is 32.1. The summed E-state index contributed by atoms with van der Waals surface area (Å²) in [5.74, 6) is 2.86. The van der Waals surface area contributed by atoms with Gasteiger partial charge in [0, 0.05) is 28.1 Å². The number of nitrogens with one attached hydrogen (secondary N) is 1. The average Bonchev–Trinajstić information content (AvgIpc) is 3.46. The molecular formula is C22H22N4O4S. The maximum absolute atomic E-state index is 12.9. The van der Waals surface area contributed by atoms with Crippen LogP contribution in [0, 0.1) is 0 Å². The minimum absolute atomic E-state index is 0.169. The molecule has 0 fully saturated rings. The third-order valence-electron chi connectivity index (χ3n) is 5.60. The van der Waals surface area contributed by atoms with Crippen LogP contribution in [0.15, 0.2) is 40.9 Å². The summed E-state index contributed by atoms with van der Waals surface area (Å²) >= 11 is 1.61. The van der Waals surface area contributed by atoms with Crippen molar-refractivity contribution in [2.75, 3.05) is 26.6 Å². The lowest BCUT2D eigenvalue weighted by atomic mass is 9.88. The lowest BCUT2D eigenvalue weighted by molar-refractivity contribution is -0.116. The molecule has 5 rings (SSSR count). The Morgan fingerprint density at radius 1 is 1.13 bits per heavy atom. The van der Waals surface area contributed by atoms with Crippen LogP contribution in [0.3, 0.4) is 0 Å². The largest absolute Gasteiger partial charge is 0.493 e. The van der Waals surface area contributed by atoms with Gasteiger partial charge in [-0.25, -0.2) is 4.68 Å². The summed E-state index contributed by atoms with van der Waals surface area (Å²) in [5, 5.41) is 10.2. The molecule has 9 heteroatoms. The van der Waals surface area contributed by atoms with E-state index in [9.17, 15) is 4.79 Å². The van der Waals surface area contributed by atoms with Crippen molar-refractivity contribution in [1.82, 2.24) is 14.8 Å². The molecule has 1 aliphatic heterocycles. The Morgan fingerprint density at radius 3 is 2.55 bits per heavy atom. The van der Waals surface area contributed by atoms with Gasteiger partial charge in [-0.15, -0.1) is 16.4 Å². The smallest absolute Gasteiger partial charge is 0.226 e. The molecule has 2 aromatic heterocycles. The first-order valence-corrected chi connectivity index (χ1v) is 10.9. The number of ether oxygens (including phenoxy) is 3. The van der Waals surface area contributed by atoms with Crippen LogP contribution >= 0.6 is 11.3 Å². The molecule has 0 radical (unpaired) electrons. The molecule has 0 saturated heterocycles. The second-order valence-corrected chi connectivity index (χ2v) is 8.31. The van der Waals surface area contributed by atoms with Gasteiger partial charge in [0.1, 0.15) is 6.04 Å². The second-order valence-electron chi connectivity index (χ2n) is 7.33. The van der Waals surface area contributed by atoms with E-state index in [0.29, 0.717) is 35.4 Å². The molecule has 0 spiro atoms. The number of aromatic nitrogens is 3. The van der Waals surface area contributed by atoms with Gasteiger partial charge in [-0.05, 0) is 36.4 Å². The minimum atomic E-state index is -0.276. The van der Waals surface area contributed by atoms with Gasteiger partial charge in [-0.1, -0.05) is 6.07 Å². The van der Waals surface area contributed by atoms with E-state index < -0.39 is 0 Å². The summed E-state index contributed by atoms with van der Waals surface area (Å²) in [5.41, 5.74) is 2.47. The van der Waals surface area contributed by atoms with E-state index in [-0.39, 0.29) is 11.8 Å². The van der Waals surface area contributed by atoms with Gasteiger partial charge < -0.3 is 19.5 Å². The summed E-state index contributed by atoms with van der Waals surface area (Å²) in [6.07, 6.45) is 2.23. The lowest BCUT2D eigenvalue weighted by Gasteiger charge is -2.31. The Hall–Kier alpha value is -3.33. The first-order valence-electron chi connectivity index (χ1n) is 9.98. The molecule has 1 N–H and O–H groups in total. The predicted octanol–water partition coefficient (Wildman–Crippen LogP) is 4.05. The molecule has 3 heterocycles. The molecule has 8 nitrogen and oxygen atoms in total. The number of Topliss-reactive ketones (excluding diaryl/α,β-unsaturated/α-hetero) is 1. The van der Waals surface area contributed by atoms with E-state index in [4.69, 9.17) is 24.3 Å². The summed E-state index contributed by atoms with van der Waals surface area (Å²) in [6.45, 7) is 0. The first kappa shape index (κ1) is 19.6. The molecule has 31 heavy (non-hydrogen) atoms. The fourth-order valence-electron chi connectivity index (χ4n) is 4.20. The van der Waals surface area contributed by atoms with Gasteiger partial charge >= 0.3 is 0 Å². The first-order chi connectivity index (χ1) is 15.1. The second kappa shape index (κ2) is 7.73. The molecule has 1 unspecified atom stereocenters. The molecular weight excluding hydrogens is 416 g/mol. The lowest BCUT2D eigenvalue weighted by Crippen LogP contribution is -2.31. The summed E-state index contributed by atoms with van der Waals surface area (Å²) in [6, 6.07) is 7.40. The summed E-state index contributed by atoms with van der Waals surface area (Å²) in [4.78, 5) is 18.7. The third-order valence-corrected chi connectivity index (χ3v) is 6.53. The topological polar surface area (TPSA) is 87.5 Å². The number of carbonyl (C=O) groups is 1. The maximum Gasteiger partial charge on any atom is 0.226 e. The van der Waals surface area contributed by atoms with Crippen LogP contribution in [0.1, 0.15) is 30.2 Å². The molecule has 0 saturated carbocycles. The summed E-state index contributed by atoms with van der Waals surface area (Å²) < 4.78 is 18.2. The fourth-order valence-corrected chi connectivity index (χ4v) is 5.02. The van der Waals surface area contributed by atoms with E-state index in [1.807, 2.05) is 34.3 Å². The van der Waals surface area contributed by atoms with Crippen molar-refractivity contribution in [2.45, 2.75) is 25.3 Å². The highest BCUT2D eigenvalue weighted by Crippen LogP contribution is 2.44. The zero-order valence-corrected chi connectivity index (χ0v) is 18.3. The van der Waals surface area contributed by atoms with Gasteiger partial charge in [0.25, 0.3) is 0 Å². The Kier molecular flexibility index (Phi) is 4.90. The highest BCUT2D eigenvalue weighted by Gasteiger charge is 2.37. The van der Waals surface area contributed by atoms with Crippen molar-refractivity contribution in [3.63, 3.8) is 0 Å². The Labute approximate surface area is 183 Å². The number of fused-ring (bicyclic) bond motifs is 1.